The van der Waals surface area contributed by atoms with Crippen molar-refractivity contribution in [2.24, 2.45) is 0 Å². The molecule has 0 saturated heterocycles. The van der Waals surface area contributed by atoms with Crippen LogP contribution in [0.1, 0.15) is 25.3 Å². The molecule has 0 amide bonds. The second kappa shape index (κ2) is 7.81. The summed E-state index contributed by atoms with van der Waals surface area (Å²) in [5.74, 6) is -1.00. The van der Waals surface area contributed by atoms with Crippen molar-refractivity contribution in [2.75, 3.05) is 32.5 Å². The maximum Gasteiger partial charge on any atom is 0.355 e. The molecule has 130 valence electrons. The van der Waals surface area contributed by atoms with Crippen LogP contribution in [-0.2, 0) is 23.8 Å². The van der Waals surface area contributed by atoms with Gasteiger partial charge in [0.15, 0.2) is 0 Å². The van der Waals surface area contributed by atoms with Crippen LogP contribution in [-0.4, -0.2) is 39.5 Å². The number of esters is 2. The minimum absolute atomic E-state index is 0.00114. The van der Waals surface area contributed by atoms with Crippen molar-refractivity contribution in [2.45, 2.75) is 19.8 Å². The van der Waals surface area contributed by atoms with Gasteiger partial charge in [0.2, 0.25) is 0 Å². The predicted molar refractivity (Wildman–Crippen MR) is 92.6 cm³/mol. The molecule has 2 rings (SSSR count). The average Bonchev–Trinajstić information content (AvgIpc) is 2.59. The molecular formula is C17H20BrNO5. The molecule has 1 aromatic rings. The molecule has 0 bridgehead atoms. The highest BCUT2D eigenvalue weighted by molar-refractivity contribution is 9.10. The third-order valence-electron chi connectivity index (χ3n) is 3.74. The minimum atomic E-state index is -0.608. The van der Waals surface area contributed by atoms with Crippen LogP contribution in [0, 0.1) is 0 Å². The highest BCUT2D eigenvalue weighted by Crippen LogP contribution is 2.34. The average molecular weight is 398 g/mol. The summed E-state index contributed by atoms with van der Waals surface area (Å²) in [6, 6.07) is 5.75. The number of nitrogens with zero attached hydrogens (tertiary/aromatic N) is 1. The molecule has 0 aromatic heterocycles. The summed E-state index contributed by atoms with van der Waals surface area (Å²) in [5.41, 5.74) is 2.10. The number of methoxy groups -OCH3 is 2. The van der Waals surface area contributed by atoms with E-state index in [1.807, 2.05) is 18.2 Å². The van der Waals surface area contributed by atoms with Crippen molar-refractivity contribution in [3.8, 4) is 0 Å². The Kier molecular flexibility index (Phi) is 6.01. The van der Waals surface area contributed by atoms with Gasteiger partial charge in [-0.15, -0.1) is 0 Å². The van der Waals surface area contributed by atoms with Crippen LogP contribution in [0.2, 0.25) is 0 Å². The van der Waals surface area contributed by atoms with Crippen molar-refractivity contribution in [1.29, 1.82) is 0 Å². The second-order valence-corrected chi connectivity index (χ2v) is 6.49. The normalized spacial score (nSPS) is 14.8. The van der Waals surface area contributed by atoms with Crippen LogP contribution >= 0.6 is 15.9 Å². The van der Waals surface area contributed by atoms with Gasteiger partial charge in [-0.1, -0.05) is 29.8 Å². The van der Waals surface area contributed by atoms with Crippen LogP contribution < -0.4 is 4.90 Å². The highest BCUT2D eigenvalue weighted by atomic mass is 79.9. The Bertz CT molecular complexity index is 684. The zero-order valence-electron chi connectivity index (χ0n) is 14.1. The Morgan fingerprint density at radius 1 is 1.21 bits per heavy atom. The minimum Gasteiger partial charge on any atom is -0.466 e. The van der Waals surface area contributed by atoms with E-state index in [-0.39, 0.29) is 30.5 Å². The van der Waals surface area contributed by atoms with Gasteiger partial charge in [-0.25, -0.2) is 9.59 Å². The van der Waals surface area contributed by atoms with E-state index in [9.17, 15) is 9.59 Å². The van der Waals surface area contributed by atoms with Crippen molar-refractivity contribution >= 4 is 33.6 Å². The molecule has 0 atom stereocenters. The Morgan fingerprint density at radius 2 is 1.88 bits per heavy atom. The lowest BCUT2D eigenvalue weighted by Crippen LogP contribution is -2.39. The molecule has 24 heavy (non-hydrogen) atoms. The molecule has 1 aromatic carbocycles. The first-order valence-electron chi connectivity index (χ1n) is 7.45. The van der Waals surface area contributed by atoms with Gasteiger partial charge >= 0.3 is 11.9 Å². The summed E-state index contributed by atoms with van der Waals surface area (Å²) >= 11 is 3.47. The lowest BCUT2D eigenvalue weighted by Gasteiger charge is -2.33. The number of hydrogen-bond acceptors (Lipinski definition) is 6. The van der Waals surface area contributed by atoms with E-state index >= 15 is 0 Å². The van der Waals surface area contributed by atoms with Crippen LogP contribution in [0.3, 0.4) is 0 Å². The smallest absolute Gasteiger partial charge is 0.355 e. The molecule has 1 heterocycles. The molecule has 7 heteroatoms. The third-order valence-corrected chi connectivity index (χ3v) is 4.23. The lowest BCUT2D eigenvalue weighted by molar-refractivity contribution is -0.140. The summed E-state index contributed by atoms with van der Waals surface area (Å²) in [6.45, 7) is 4.26. The predicted octanol–water partition coefficient (Wildman–Crippen LogP) is 2.97. The summed E-state index contributed by atoms with van der Waals surface area (Å²) in [5, 5.41) is 0. The van der Waals surface area contributed by atoms with Gasteiger partial charge in [-0.05, 0) is 29.7 Å². The van der Waals surface area contributed by atoms with E-state index in [2.05, 4.69) is 29.8 Å². The molecule has 1 aliphatic heterocycles. The zero-order chi connectivity index (χ0) is 17.9. The topological polar surface area (TPSA) is 65.1 Å². The van der Waals surface area contributed by atoms with Gasteiger partial charge in [0.05, 0.1) is 26.4 Å². The SMILES string of the molecule is COC(=O)C1=C(C(=O)OC)N(c2ccc(Br)cc2C(C)C)COC1. The molecule has 0 radical (unpaired) electrons. The largest absolute Gasteiger partial charge is 0.466 e. The molecule has 0 saturated carbocycles. The van der Waals surface area contributed by atoms with E-state index in [1.165, 1.54) is 14.2 Å². The number of rotatable bonds is 4. The van der Waals surface area contributed by atoms with Crippen LogP contribution in [0.5, 0.6) is 0 Å². The maximum absolute atomic E-state index is 12.3. The Labute approximate surface area is 149 Å². The fraction of sp³-hybridized carbons (Fsp3) is 0.412. The Balaban J connectivity index is 2.63. The van der Waals surface area contributed by atoms with Gasteiger partial charge in [-0.3, -0.25) is 0 Å². The number of halogens is 1. The second-order valence-electron chi connectivity index (χ2n) is 5.57. The number of anilines is 1. The lowest BCUT2D eigenvalue weighted by atomic mass is 9.99. The van der Waals surface area contributed by atoms with Gasteiger partial charge < -0.3 is 19.1 Å². The number of ether oxygens (including phenoxy) is 3. The number of benzene rings is 1. The standard InChI is InChI=1S/C17H20BrNO5/c1-10(2)12-7-11(18)5-6-14(12)19-9-24-8-13(16(20)22-3)15(19)17(21)23-4/h5-7,10H,8-9H2,1-4H3. The van der Waals surface area contributed by atoms with E-state index in [0.29, 0.717) is 0 Å². The first-order chi connectivity index (χ1) is 11.4. The van der Waals surface area contributed by atoms with Crippen molar-refractivity contribution in [3.05, 3.63) is 39.5 Å². The van der Waals surface area contributed by atoms with E-state index in [0.717, 1.165) is 15.7 Å². The molecule has 0 aliphatic carbocycles. The van der Waals surface area contributed by atoms with Crippen molar-refractivity contribution in [1.82, 2.24) is 0 Å². The molecule has 0 spiro atoms. The quantitative estimate of drug-likeness (QED) is 0.727. The number of carbonyl (C=O) groups excluding carboxylic acids is 2. The molecular weight excluding hydrogens is 378 g/mol. The summed E-state index contributed by atoms with van der Waals surface area (Å²) < 4.78 is 16.1. The summed E-state index contributed by atoms with van der Waals surface area (Å²) in [7, 11) is 2.55. The summed E-state index contributed by atoms with van der Waals surface area (Å²) in [6.07, 6.45) is 0. The fourth-order valence-corrected chi connectivity index (χ4v) is 2.95. The molecule has 0 unspecified atom stereocenters. The molecule has 0 fully saturated rings. The molecule has 0 N–H and O–H groups in total. The third kappa shape index (κ3) is 3.62. The van der Waals surface area contributed by atoms with Crippen LogP contribution in [0.4, 0.5) is 5.69 Å². The van der Waals surface area contributed by atoms with Crippen LogP contribution in [0.15, 0.2) is 33.9 Å². The van der Waals surface area contributed by atoms with Crippen molar-refractivity contribution in [3.63, 3.8) is 0 Å². The zero-order valence-corrected chi connectivity index (χ0v) is 15.7. The van der Waals surface area contributed by atoms with Gasteiger partial charge in [0, 0.05) is 10.2 Å². The Hall–Kier alpha value is -1.86. The van der Waals surface area contributed by atoms with Crippen LogP contribution in [0.25, 0.3) is 0 Å². The van der Waals surface area contributed by atoms with E-state index < -0.39 is 11.9 Å². The first kappa shape index (κ1) is 18.5. The van der Waals surface area contributed by atoms with Gasteiger partial charge in [0.25, 0.3) is 0 Å². The number of hydrogen-bond donors (Lipinski definition) is 0. The van der Waals surface area contributed by atoms with Gasteiger partial charge in [0.1, 0.15) is 12.4 Å². The fourth-order valence-electron chi connectivity index (χ4n) is 2.57. The first-order valence-corrected chi connectivity index (χ1v) is 8.24. The van der Waals surface area contributed by atoms with E-state index in [4.69, 9.17) is 14.2 Å². The monoisotopic (exact) mass is 397 g/mol. The highest BCUT2D eigenvalue weighted by Gasteiger charge is 2.33. The summed E-state index contributed by atoms with van der Waals surface area (Å²) in [4.78, 5) is 26.0. The maximum atomic E-state index is 12.3. The van der Waals surface area contributed by atoms with Gasteiger partial charge in [-0.2, -0.15) is 0 Å². The van der Waals surface area contributed by atoms with E-state index in [1.54, 1.807) is 4.90 Å². The Morgan fingerprint density at radius 3 is 2.46 bits per heavy atom. The molecule has 1 aliphatic rings. The van der Waals surface area contributed by atoms with Crippen molar-refractivity contribution < 1.29 is 23.8 Å². The number of carbonyl (C=O) groups is 2. The molecule has 6 nitrogen and oxygen atoms in total.